The molecule has 0 heterocycles. The number of hydrogen-bond acceptors (Lipinski definition) is 2. The van der Waals surface area contributed by atoms with Gasteiger partial charge in [-0.2, -0.15) is 0 Å². The van der Waals surface area contributed by atoms with Crippen molar-refractivity contribution in [2.45, 2.75) is 51.4 Å². The first-order valence-corrected chi connectivity index (χ1v) is 9.72. The lowest BCUT2D eigenvalue weighted by atomic mass is 9.69. The smallest absolute Gasteiger partial charge is 0.251 e. The zero-order valence-corrected chi connectivity index (χ0v) is 16.2. The maximum atomic E-state index is 12.7. The molecule has 0 aromatic heterocycles. The second kappa shape index (κ2) is 8.38. The predicted octanol–water partition coefficient (Wildman–Crippen LogP) is 4.59. The molecule has 0 saturated heterocycles. The Morgan fingerprint density at radius 3 is 2.33 bits per heavy atom. The summed E-state index contributed by atoms with van der Waals surface area (Å²) in [5.41, 5.74) is 3.93. The lowest BCUT2D eigenvalue weighted by molar-refractivity contribution is -0.114. The Labute approximate surface area is 161 Å². The molecule has 4 heteroatoms. The topological polar surface area (TPSA) is 58.2 Å². The quantitative estimate of drug-likeness (QED) is 0.815. The van der Waals surface area contributed by atoms with E-state index in [9.17, 15) is 9.59 Å². The Hall–Kier alpha value is -2.62. The van der Waals surface area contributed by atoms with E-state index in [2.05, 4.69) is 41.8 Å². The van der Waals surface area contributed by atoms with Crippen LogP contribution in [0.4, 0.5) is 5.69 Å². The first-order valence-electron chi connectivity index (χ1n) is 9.72. The van der Waals surface area contributed by atoms with Crippen molar-refractivity contribution in [1.29, 1.82) is 0 Å². The van der Waals surface area contributed by atoms with E-state index in [-0.39, 0.29) is 17.2 Å². The van der Waals surface area contributed by atoms with Crippen molar-refractivity contribution in [2.24, 2.45) is 0 Å². The van der Waals surface area contributed by atoms with Crippen LogP contribution in [0.1, 0.15) is 60.5 Å². The molecule has 2 N–H and O–H groups in total. The highest BCUT2D eigenvalue weighted by molar-refractivity contribution is 5.95. The van der Waals surface area contributed by atoms with Gasteiger partial charge in [0.2, 0.25) is 5.91 Å². The summed E-state index contributed by atoms with van der Waals surface area (Å²) in [6.07, 6.45) is 5.90. The second-order valence-corrected chi connectivity index (χ2v) is 7.65. The average molecular weight is 364 g/mol. The number of anilines is 1. The summed E-state index contributed by atoms with van der Waals surface area (Å²) in [7, 11) is 0. The van der Waals surface area contributed by atoms with Gasteiger partial charge < -0.3 is 10.6 Å². The molecule has 27 heavy (non-hydrogen) atoms. The van der Waals surface area contributed by atoms with Gasteiger partial charge in [0.1, 0.15) is 0 Å². The predicted molar refractivity (Wildman–Crippen MR) is 109 cm³/mol. The zero-order valence-electron chi connectivity index (χ0n) is 16.2. The maximum absolute atomic E-state index is 12.7. The van der Waals surface area contributed by atoms with E-state index < -0.39 is 0 Å². The fraction of sp³-hybridized carbons (Fsp3) is 0.391. The summed E-state index contributed by atoms with van der Waals surface area (Å²) in [6, 6.07) is 15.7. The number of carbonyl (C=O) groups is 2. The van der Waals surface area contributed by atoms with Crippen molar-refractivity contribution >= 4 is 17.5 Å². The van der Waals surface area contributed by atoms with Gasteiger partial charge in [0.05, 0.1) is 0 Å². The average Bonchev–Trinajstić information content (AvgIpc) is 2.67. The van der Waals surface area contributed by atoms with E-state index >= 15 is 0 Å². The van der Waals surface area contributed by atoms with Gasteiger partial charge in [0.15, 0.2) is 0 Å². The molecule has 0 radical (unpaired) electrons. The number of rotatable bonds is 5. The van der Waals surface area contributed by atoms with Gasteiger partial charge in [0, 0.05) is 30.1 Å². The van der Waals surface area contributed by atoms with E-state index in [1.807, 2.05) is 0 Å². The van der Waals surface area contributed by atoms with E-state index in [4.69, 9.17) is 0 Å². The van der Waals surface area contributed by atoms with Crippen molar-refractivity contribution in [3.8, 4) is 0 Å². The summed E-state index contributed by atoms with van der Waals surface area (Å²) in [4.78, 5) is 23.8. The maximum Gasteiger partial charge on any atom is 0.251 e. The van der Waals surface area contributed by atoms with Gasteiger partial charge >= 0.3 is 0 Å². The highest BCUT2D eigenvalue weighted by atomic mass is 16.2. The molecule has 2 aromatic carbocycles. The third kappa shape index (κ3) is 4.76. The lowest BCUT2D eigenvalue weighted by Gasteiger charge is -2.38. The van der Waals surface area contributed by atoms with Crippen LogP contribution in [0.2, 0.25) is 0 Å². The van der Waals surface area contributed by atoms with Crippen LogP contribution >= 0.6 is 0 Å². The van der Waals surface area contributed by atoms with Gasteiger partial charge in [-0.1, -0.05) is 49.1 Å². The molecule has 1 aliphatic carbocycles. The summed E-state index contributed by atoms with van der Waals surface area (Å²) in [6.45, 7) is 4.24. The van der Waals surface area contributed by atoms with Crippen molar-refractivity contribution < 1.29 is 9.59 Å². The molecule has 1 aliphatic rings. The van der Waals surface area contributed by atoms with E-state index in [1.165, 1.54) is 37.3 Å². The Kier molecular flexibility index (Phi) is 5.94. The summed E-state index contributed by atoms with van der Waals surface area (Å²) in [5.74, 6) is -0.188. The van der Waals surface area contributed by atoms with Crippen LogP contribution < -0.4 is 10.6 Å². The van der Waals surface area contributed by atoms with Crippen molar-refractivity contribution in [1.82, 2.24) is 5.32 Å². The van der Waals surface area contributed by atoms with Crippen molar-refractivity contribution in [3.63, 3.8) is 0 Å². The standard InChI is InChI=1S/C23H28N2O2/c1-17-7-6-8-20(15-17)23(13-4-3-5-14-23)16-24-22(27)19-9-11-21(12-10-19)25-18(2)26/h6-12,15H,3-5,13-14,16H2,1-2H3,(H,24,27)(H,25,26). The van der Waals surface area contributed by atoms with E-state index in [0.29, 0.717) is 17.8 Å². The highest BCUT2D eigenvalue weighted by Crippen LogP contribution is 2.39. The minimum atomic E-state index is -0.121. The summed E-state index contributed by atoms with van der Waals surface area (Å²) < 4.78 is 0. The molecular weight excluding hydrogens is 336 g/mol. The fourth-order valence-electron chi connectivity index (χ4n) is 4.03. The Morgan fingerprint density at radius 1 is 1.00 bits per heavy atom. The molecule has 1 saturated carbocycles. The number of hydrogen-bond donors (Lipinski definition) is 2. The van der Waals surface area contributed by atoms with Crippen LogP contribution in [0.3, 0.4) is 0 Å². The molecule has 0 aliphatic heterocycles. The molecule has 0 atom stereocenters. The normalized spacial score (nSPS) is 15.8. The minimum absolute atomic E-state index is 0.0239. The number of amides is 2. The molecule has 4 nitrogen and oxygen atoms in total. The minimum Gasteiger partial charge on any atom is -0.351 e. The number of nitrogens with one attached hydrogen (secondary N) is 2. The molecule has 0 unspecified atom stereocenters. The second-order valence-electron chi connectivity index (χ2n) is 7.65. The summed E-state index contributed by atoms with van der Waals surface area (Å²) in [5, 5.41) is 5.88. The largest absolute Gasteiger partial charge is 0.351 e. The molecule has 2 amide bonds. The van der Waals surface area contributed by atoms with Gasteiger partial charge in [-0.25, -0.2) is 0 Å². The van der Waals surface area contributed by atoms with Crippen LogP contribution in [-0.2, 0) is 10.2 Å². The number of aryl methyl sites for hydroxylation is 1. The SMILES string of the molecule is CC(=O)Nc1ccc(C(=O)NCC2(c3cccc(C)c3)CCCCC2)cc1. The molecule has 1 fully saturated rings. The van der Waals surface area contributed by atoms with Gasteiger partial charge in [-0.3, -0.25) is 9.59 Å². The third-order valence-electron chi connectivity index (χ3n) is 5.50. The number of benzene rings is 2. The van der Waals surface area contributed by atoms with Crippen molar-refractivity contribution in [2.75, 3.05) is 11.9 Å². The van der Waals surface area contributed by atoms with Gasteiger partial charge in [-0.05, 0) is 49.6 Å². The molecule has 2 aromatic rings. The number of carbonyl (C=O) groups excluding carboxylic acids is 2. The lowest BCUT2D eigenvalue weighted by Crippen LogP contribution is -2.42. The first kappa shape index (κ1) is 19.2. The first-order chi connectivity index (χ1) is 13.0. The molecular formula is C23H28N2O2. The third-order valence-corrected chi connectivity index (χ3v) is 5.50. The van der Waals surface area contributed by atoms with Gasteiger partial charge in [0.25, 0.3) is 5.91 Å². The van der Waals surface area contributed by atoms with Crippen LogP contribution in [0.5, 0.6) is 0 Å². The molecule has 0 bridgehead atoms. The fourth-order valence-corrected chi connectivity index (χ4v) is 4.03. The molecule has 3 rings (SSSR count). The van der Waals surface area contributed by atoms with Crippen LogP contribution in [0, 0.1) is 6.92 Å². The summed E-state index contributed by atoms with van der Waals surface area (Å²) >= 11 is 0. The molecule has 142 valence electrons. The van der Waals surface area contributed by atoms with Crippen LogP contribution in [-0.4, -0.2) is 18.4 Å². The van der Waals surface area contributed by atoms with Crippen LogP contribution in [0.15, 0.2) is 48.5 Å². The molecule has 0 spiro atoms. The van der Waals surface area contributed by atoms with Crippen LogP contribution in [0.25, 0.3) is 0 Å². The van der Waals surface area contributed by atoms with Gasteiger partial charge in [-0.15, -0.1) is 0 Å². The monoisotopic (exact) mass is 364 g/mol. The van der Waals surface area contributed by atoms with E-state index in [0.717, 1.165) is 12.8 Å². The Bertz CT molecular complexity index is 805. The highest BCUT2D eigenvalue weighted by Gasteiger charge is 2.34. The zero-order chi connectivity index (χ0) is 19.3. The van der Waals surface area contributed by atoms with Crippen molar-refractivity contribution in [3.05, 3.63) is 65.2 Å². The Morgan fingerprint density at radius 2 is 1.70 bits per heavy atom. The Balaban J connectivity index is 1.71. The van der Waals surface area contributed by atoms with E-state index in [1.54, 1.807) is 24.3 Å².